The van der Waals surface area contributed by atoms with E-state index in [4.69, 9.17) is 15.6 Å². The topological polar surface area (TPSA) is 79.3 Å². The summed E-state index contributed by atoms with van der Waals surface area (Å²) in [5.41, 5.74) is 8.04. The summed E-state index contributed by atoms with van der Waals surface area (Å²) in [6.45, 7) is 13.8. The fraction of sp³-hybridized carbons (Fsp3) is 0.588. The molecule has 1 rings (SSSR count). The number of amidine groups is 1. The van der Waals surface area contributed by atoms with Crippen LogP contribution in [-0.2, 0) is 11.0 Å². The average molecular weight is 323 g/mol. The second-order valence-corrected chi connectivity index (χ2v) is 12.3. The van der Waals surface area contributed by atoms with Crippen molar-refractivity contribution in [2.24, 2.45) is 5.73 Å². The third-order valence-corrected chi connectivity index (χ3v) is 10.7. The van der Waals surface area contributed by atoms with E-state index >= 15 is 0 Å². The minimum atomic E-state index is -1.97. The quantitative estimate of drug-likeness (QED) is 0.396. The first-order valence-electron chi connectivity index (χ1n) is 7.93. The van der Waals surface area contributed by atoms with E-state index in [1.54, 1.807) is 12.1 Å². The summed E-state index contributed by atoms with van der Waals surface area (Å²) in [4.78, 5) is 0. The van der Waals surface area contributed by atoms with Gasteiger partial charge < -0.3 is 15.3 Å². The Morgan fingerprint density at radius 3 is 2.05 bits per heavy atom. The van der Waals surface area contributed by atoms with Gasteiger partial charge in [-0.05, 0) is 22.7 Å². The molecule has 0 atom stereocenters. The number of aromatic hydroxyl groups is 1. The lowest BCUT2D eigenvalue weighted by Gasteiger charge is -2.42. The second kappa shape index (κ2) is 7.29. The number of nitrogens with one attached hydrogen (secondary N) is 1. The van der Waals surface area contributed by atoms with Gasteiger partial charge in [0.05, 0.1) is 12.2 Å². The van der Waals surface area contributed by atoms with Crippen molar-refractivity contribution in [2.45, 2.75) is 64.8 Å². The number of phenols is 1. The van der Waals surface area contributed by atoms with Crippen LogP contribution in [0, 0.1) is 5.41 Å². The number of hydrogen-bond donors (Lipinski definition) is 3. The number of benzene rings is 1. The second-order valence-electron chi connectivity index (χ2n) is 6.83. The predicted molar refractivity (Wildman–Crippen MR) is 95.0 cm³/mol. The first kappa shape index (κ1) is 18.7. The zero-order chi connectivity index (χ0) is 17.1. The summed E-state index contributed by atoms with van der Waals surface area (Å²) < 4.78 is 6.48. The van der Waals surface area contributed by atoms with Gasteiger partial charge in [-0.2, -0.15) is 0 Å². The van der Waals surface area contributed by atoms with Crippen molar-refractivity contribution in [3.63, 3.8) is 0 Å². The van der Waals surface area contributed by atoms with Crippen LogP contribution in [0.4, 0.5) is 0 Å². The van der Waals surface area contributed by atoms with Crippen LogP contribution in [0.5, 0.6) is 5.75 Å². The Bertz CT molecular complexity index is 506. The SMILES string of the molecule is CC(C)[Si](OCc1cccc(C(=N)N)c1O)(C(C)C)C(C)C. The van der Waals surface area contributed by atoms with Crippen molar-refractivity contribution in [1.29, 1.82) is 5.41 Å². The maximum Gasteiger partial charge on any atom is 0.200 e. The fourth-order valence-electron chi connectivity index (χ4n) is 3.63. The van der Waals surface area contributed by atoms with Crippen LogP contribution in [0.2, 0.25) is 16.6 Å². The van der Waals surface area contributed by atoms with E-state index in [1.165, 1.54) is 0 Å². The molecule has 22 heavy (non-hydrogen) atoms. The van der Waals surface area contributed by atoms with Gasteiger partial charge in [-0.3, -0.25) is 5.41 Å². The largest absolute Gasteiger partial charge is 0.507 e. The summed E-state index contributed by atoms with van der Waals surface area (Å²) >= 11 is 0. The number of nitrogen functional groups attached to an aromatic ring is 1. The summed E-state index contributed by atoms with van der Waals surface area (Å²) in [5, 5.41) is 17.8. The van der Waals surface area contributed by atoms with Crippen LogP contribution in [0.3, 0.4) is 0 Å². The molecule has 0 bridgehead atoms. The Kier molecular flexibility index (Phi) is 6.20. The van der Waals surface area contributed by atoms with E-state index in [9.17, 15) is 5.11 Å². The van der Waals surface area contributed by atoms with Crippen LogP contribution in [0.1, 0.15) is 52.7 Å². The molecule has 0 heterocycles. The van der Waals surface area contributed by atoms with Gasteiger partial charge in [0.15, 0.2) is 0 Å². The number of rotatable bonds is 7. The van der Waals surface area contributed by atoms with E-state index in [1.807, 2.05) is 6.07 Å². The zero-order valence-electron chi connectivity index (χ0n) is 14.6. The molecule has 0 unspecified atom stereocenters. The van der Waals surface area contributed by atoms with E-state index in [0.717, 1.165) is 0 Å². The van der Waals surface area contributed by atoms with Crippen molar-refractivity contribution in [2.75, 3.05) is 0 Å². The molecule has 4 N–H and O–H groups in total. The van der Waals surface area contributed by atoms with Gasteiger partial charge in [0, 0.05) is 5.56 Å². The third kappa shape index (κ3) is 3.52. The normalized spacial score (nSPS) is 12.4. The number of nitrogens with two attached hydrogens (primary N) is 1. The monoisotopic (exact) mass is 322 g/mol. The van der Waals surface area contributed by atoms with Crippen LogP contribution in [-0.4, -0.2) is 19.3 Å². The molecule has 124 valence electrons. The molecule has 0 aliphatic heterocycles. The van der Waals surface area contributed by atoms with Gasteiger partial charge in [0.1, 0.15) is 11.6 Å². The van der Waals surface area contributed by atoms with Crippen LogP contribution in [0.15, 0.2) is 18.2 Å². The molecule has 4 nitrogen and oxygen atoms in total. The minimum Gasteiger partial charge on any atom is -0.507 e. The maximum absolute atomic E-state index is 10.3. The van der Waals surface area contributed by atoms with Gasteiger partial charge in [-0.15, -0.1) is 0 Å². The lowest BCUT2D eigenvalue weighted by molar-refractivity contribution is 0.261. The lowest BCUT2D eigenvalue weighted by atomic mass is 10.1. The summed E-state index contributed by atoms with van der Waals surface area (Å²) in [6.07, 6.45) is 0. The molecule has 0 spiro atoms. The van der Waals surface area contributed by atoms with Crippen molar-refractivity contribution in [1.82, 2.24) is 0 Å². The highest BCUT2D eigenvalue weighted by Crippen LogP contribution is 2.43. The summed E-state index contributed by atoms with van der Waals surface area (Å²) in [6, 6.07) is 5.29. The molecule has 1 aromatic rings. The Labute approximate surface area is 135 Å². The van der Waals surface area contributed by atoms with Crippen molar-refractivity contribution in [3.8, 4) is 5.75 Å². The first-order valence-corrected chi connectivity index (χ1v) is 10.1. The van der Waals surface area contributed by atoms with Crippen molar-refractivity contribution < 1.29 is 9.53 Å². The number of para-hydroxylation sites is 1. The van der Waals surface area contributed by atoms with E-state index in [0.29, 0.717) is 34.4 Å². The highest BCUT2D eigenvalue weighted by Gasteiger charge is 2.45. The fourth-order valence-corrected chi connectivity index (χ4v) is 9.03. The molecule has 0 saturated heterocycles. The minimum absolute atomic E-state index is 0.0640. The summed E-state index contributed by atoms with van der Waals surface area (Å²) in [7, 11) is -1.97. The van der Waals surface area contributed by atoms with E-state index < -0.39 is 8.32 Å². The Balaban J connectivity index is 3.10. The van der Waals surface area contributed by atoms with Gasteiger partial charge in [0.2, 0.25) is 8.32 Å². The van der Waals surface area contributed by atoms with Gasteiger partial charge in [-0.1, -0.05) is 53.7 Å². The van der Waals surface area contributed by atoms with Crippen LogP contribution < -0.4 is 5.73 Å². The number of hydrogen-bond acceptors (Lipinski definition) is 3. The molecule has 0 fully saturated rings. The molecule has 1 aromatic carbocycles. The van der Waals surface area contributed by atoms with Gasteiger partial charge >= 0.3 is 0 Å². The van der Waals surface area contributed by atoms with Crippen LogP contribution in [0.25, 0.3) is 0 Å². The highest BCUT2D eigenvalue weighted by molar-refractivity contribution is 6.77. The molecule has 0 aliphatic carbocycles. The summed E-state index contributed by atoms with van der Waals surface area (Å²) in [5.74, 6) is -0.0615. The Morgan fingerprint density at radius 1 is 1.14 bits per heavy atom. The number of phenolic OH excluding ortho intramolecular Hbond substituents is 1. The van der Waals surface area contributed by atoms with E-state index in [-0.39, 0.29) is 11.6 Å². The predicted octanol–water partition coefficient (Wildman–Crippen LogP) is 4.37. The standard InChI is InChI=1S/C17H30N2O2Si/c1-11(2)22(12(3)4,13(5)6)21-10-14-8-7-9-15(16(14)20)17(18)19/h7-9,11-13,20H,10H2,1-6H3,(H3,18,19). The molecule has 0 amide bonds. The van der Waals surface area contributed by atoms with Crippen molar-refractivity contribution in [3.05, 3.63) is 29.3 Å². The average Bonchev–Trinajstić information content (AvgIpc) is 2.39. The molecule has 0 radical (unpaired) electrons. The zero-order valence-corrected chi connectivity index (χ0v) is 15.6. The first-order chi connectivity index (χ1) is 10.1. The lowest BCUT2D eigenvalue weighted by Crippen LogP contribution is -2.47. The Hall–Kier alpha value is -1.33. The maximum atomic E-state index is 10.3. The molecule has 0 aliphatic rings. The van der Waals surface area contributed by atoms with Gasteiger partial charge in [-0.25, -0.2) is 0 Å². The van der Waals surface area contributed by atoms with E-state index in [2.05, 4.69) is 41.5 Å². The molecular formula is C17H30N2O2Si. The van der Waals surface area contributed by atoms with Crippen LogP contribution >= 0.6 is 0 Å². The molecule has 0 saturated carbocycles. The Morgan fingerprint density at radius 2 is 1.64 bits per heavy atom. The molecular weight excluding hydrogens is 292 g/mol. The molecule has 0 aromatic heterocycles. The third-order valence-electron chi connectivity index (χ3n) is 4.59. The highest BCUT2D eigenvalue weighted by atomic mass is 28.4. The van der Waals surface area contributed by atoms with Gasteiger partial charge in [0.25, 0.3) is 0 Å². The molecule has 5 heteroatoms. The van der Waals surface area contributed by atoms with Crippen molar-refractivity contribution >= 4 is 14.2 Å². The smallest absolute Gasteiger partial charge is 0.200 e.